The molecule has 0 radical (unpaired) electrons. The van der Waals surface area contributed by atoms with E-state index in [1.165, 1.54) is 17.2 Å². The van der Waals surface area contributed by atoms with Gasteiger partial charge in [0.1, 0.15) is 36.0 Å². The van der Waals surface area contributed by atoms with E-state index < -0.39 is 94.8 Å². The number of aromatic amines is 1. The van der Waals surface area contributed by atoms with Crippen LogP contribution < -0.4 is 16.6 Å². The highest BCUT2D eigenvalue weighted by molar-refractivity contribution is 8.44. The summed E-state index contributed by atoms with van der Waals surface area (Å²) in [6.07, 6.45) is -4.17. The maximum atomic E-state index is 14.3. The Morgan fingerprint density at radius 3 is 2.28 bits per heavy atom. The van der Waals surface area contributed by atoms with E-state index in [1.54, 1.807) is 18.4 Å². The van der Waals surface area contributed by atoms with Crippen LogP contribution in [0.15, 0.2) is 17.4 Å². The zero-order valence-corrected chi connectivity index (χ0v) is 37.5. The molecule has 27 heteroatoms. The smallest absolute Gasteiger partial charge is 0.386 e. The van der Waals surface area contributed by atoms with Crippen molar-refractivity contribution in [2.24, 2.45) is 11.8 Å². The summed E-state index contributed by atoms with van der Waals surface area (Å²) in [5.41, 5.74) is 6.02. The van der Waals surface area contributed by atoms with Crippen LogP contribution in [0.2, 0.25) is 23.4 Å². The lowest BCUT2D eigenvalue weighted by Gasteiger charge is -2.40. The van der Waals surface area contributed by atoms with Gasteiger partial charge in [0, 0.05) is 11.8 Å². The molecule has 8 rings (SSSR count). The van der Waals surface area contributed by atoms with Crippen LogP contribution in [-0.4, -0.2) is 103 Å². The maximum Gasteiger partial charge on any atom is 0.386 e. The van der Waals surface area contributed by atoms with Crippen molar-refractivity contribution in [1.82, 2.24) is 39.0 Å². The molecule has 21 nitrogen and oxygen atoms in total. The molecule has 3 saturated heterocycles. The first-order valence-electron chi connectivity index (χ1n) is 18.3. The molecular weight excluding hydrogens is 878 g/mol. The first-order chi connectivity index (χ1) is 27.0. The highest BCUT2D eigenvalue weighted by Gasteiger charge is 2.67. The quantitative estimate of drug-likeness (QED) is 0.0745. The minimum absolute atomic E-state index is 0.00588. The van der Waals surface area contributed by atoms with E-state index in [9.17, 15) is 18.7 Å². The predicted octanol–water partition coefficient (Wildman–Crippen LogP) is 4.91. The highest BCUT2D eigenvalue weighted by atomic mass is 35.5. The zero-order valence-electron chi connectivity index (χ0n) is 32.2. The molecule has 4 aromatic rings. The number of carbonyl (C=O) groups is 1. The third kappa shape index (κ3) is 7.82. The second-order valence-electron chi connectivity index (χ2n) is 16.4. The SMILES string of the molecule is CC(C)C(=O)Nc1nc2c(ncn2[C@@H]2O[C@@H]3CO[P@](=O)(S)OC4C5C(O[C@@H]4CO[P@@](=O)(S)OC2C3O[Si](C)(C)C(C)(C)C)[C@H]5n2cnc3c(N)nc(Cl)nc32)c(=O)[nH]1. The number of thiol groups is 2. The topological polar surface area (TPSA) is 261 Å². The van der Waals surface area contributed by atoms with Gasteiger partial charge in [-0.05, 0) is 29.7 Å². The number of carbonyl (C=O) groups excluding carboxylic acids is 1. The van der Waals surface area contributed by atoms with Crippen molar-refractivity contribution in [3.05, 3.63) is 28.3 Å². The summed E-state index contributed by atoms with van der Waals surface area (Å²) < 4.78 is 75.7. The van der Waals surface area contributed by atoms with Gasteiger partial charge in [-0.15, -0.1) is 0 Å². The molecular formula is C31H43ClN10O11P2S2Si. The number of ether oxygens (including phenoxy) is 2. The lowest BCUT2D eigenvalue weighted by Crippen LogP contribution is -2.50. The average molecular weight is 921 g/mol. The van der Waals surface area contributed by atoms with Crippen LogP contribution in [0.5, 0.6) is 0 Å². The van der Waals surface area contributed by atoms with Crippen LogP contribution in [0.3, 0.4) is 0 Å². The second kappa shape index (κ2) is 14.9. The lowest BCUT2D eigenvalue weighted by atomic mass is 10.1. The number of nitrogen functional groups attached to an aromatic ring is 1. The van der Waals surface area contributed by atoms with E-state index in [4.69, 9.17) is 49.3 Å². The van der Waals surface area contributed by atoms with Gasteiger partial charge < -0.3 is 24.2 Å². The number of nitrogens with one attached hydrogen (secondary N) is 2. The molecule has 1 saturated carbocycles. The van der Waals surface area contributed by atoms with Gasteiger partial charge in [0.05, 0.1) is 38.0 Å². The van der Waals surface area contributed by atoms with E-state index in [-0.39, 0.29) is 45.8 Å². The van der Waals surface area contributed by atoms with Crippen molar-refractivity contribution in [3.63, 3.8) is 0 Å². The van der Waals surface area contributed by atoms with Crippen LogP contribution in [0.1, 0.15) is 46.9 Å². The Bertz CT molecular complexity index is 2450. The van der Waals surface area contributed by atoms with Crippen LogP contribution >= 0.6 is 49.7 Å². The van der Waals surface area contributed by atoms with Gasteiger partial charge in [-0.3, -0.25) is 42.6 Å². The fourth-order valence-corrected chi connectivity index (χ4v) is 11.5. The number of rotatable bonds is 6. The molecule has 1 aliphatic carbocycles. The van der Waals surface area contributed by atoms with Gasteiger partial charge >= 0.3 is 13.6 Å². The van der Waals surface area contributed by atoms with Crippen LogP contribution in [0.25, 0.3) is 22.3 Å². The number of anilines is 2. The Morgan fingerprint density at radius 1 is 0.983 bits per heavy atom. The average Bonchev–Trinajstić information content (AvgIpc) is 3.50. The molecule has 58 heavy (non-hydrogen) atoms. The number of H-pyrrole nitrogens is 1. The summed E-state index contributed by atoms with van der Waals surface area (Å²) in [4.78, 5) is 49.5. The Morgan fingerprint density at radius 2 is 1.60 bits per heavy atom. The fourth-order valence-electron chi connectivity index (χ4n) is 7.09. The number of nitrogens with two attached hydrogens (primary N) is 1. The molecule has 4 fully saturated rings. The molecule has 1 amide bonds. The summed E-state index contributed by atoms with van der Waals surface area (Å²) in [5, 5.41) is 2.19. The van der Waals surface area contributed by atoms with Crippen LogP contribution in [-0.2, 0) is 45.9 Å². The summed E-state index contributed by atoms with van der Waals surface area (Å²) >= 11 is 14.9. The van der Waals surface area contributed by atoms with E-state index in [0.717, 1.165) is 0 Å². The van der Waals surface area contributed by atoms with E-state index >= 15 is 0 Å². The predicted molar refractivity (Wildman–Crippen MR) is 218 cm³/mol. The third-order valence-electron chi connectivity index (χ3n) is 11.1. The summed E-state index contributed by atoms with van der Waals surface area (Å²) in [5.74, 6) is -1.26. The Hall–Kier alpha value is -2.44. The van der Waals surface area contributed by atoms with Crippen molar-refractivity contribution in [2.75, 3.05) is 24.3 Å². The summed E-state index contributed by atoms with van der Waals surface area (Å²) in [6.45, 7) is 4.14. The maximum absolute atomic E-state index is 14.3. The highest BCUT2D eigenvalue weighted by Crippen LogP contribution is 2.65. The zero-order chi connectivity index (χ0) is 41.9. The van der Waals surface area contributed by atoms with E-state index in [0.29, 0.717) is 11.2 Å². The molecule has 0 spiro atoms. The number of halogens is 1. The van der Waals surface area contributed by atoms with Gasteiger partial charge in [-0.25, -0.2) is 19.1 Å². The van der Waals surface area contributed by atoms with Gasteiger partial charge in [0.2, 0.25) is 17.1 Å². The van der Waals surface area contributed by atoms with Crippen molar-refractivity contribution in [1.29, 1.82) is 0 Å². The molecule has 5 unspecified atom stereocenters. The first-order valence-corrected chi connectivity index (χ1v) is 27.0. The molecule has 11 atom stereocenters. The van der Waals surface area contributed by atoms with Crippen molar-refractivity contribution in [3.8, 4) is 0 Å². The summed E-state index contributed by atoms with van der Waals surface area (Å²) in [6, 6.07) is -0.396. The van der Waals surface area contributed by atoms with Gasteiger partial charge in [-0.1, -0.05) is 59.1 Å². The Balaban J connectivity index is 1.14. The number of nitrogens with zero attached hydrogens (tertiary/aromatic N) is 7. The van der Waals surface area contributed by atoms with Crippen LogP contribution in [0.4, 0.5) is 11.8 Å². The second-order valence-corrected chi connectivity index (χ2v) is 27.2. The molecule has 4 aliphatic rings. The molecule has 2 bridgehead atoms. The van der Waals surface area contributed by atoms with Crippen molar-refractivity contribution < 1.29 is 45.9 Å². The molecule has 4 N–H and O–H groups in total. The fraction of sp³-hybridized carbons (Fsp3) is 0.645. The number of aromatic nitrogens is 8. The molecule has 0 aromatic carbocycles. The minimum Gasteiger partial charge on any atom is -0.408 e. The van der Waals surface area contributed by atoms with Gasteiger partial charge in [0.25, 0.3) is 5.56 Å². The number of hydrogen-bond donors (Lipinski definition) is 5. The Labute approximate surface area is 347 Å². The number of hydrogen-bond acceptors (Lipinski definition) is 17. The molecule has 4 aromatic heterocycles. The largest absolute Gasteiger partial charge is 0.408 e. The Kier molecular flexibility index (Phi) is 10.8. The number of amides is 1. The summed E-state index contributed by atoms with van der Waals surface area (Å²) in [7, 11) is -2.70. The number of imidazole rings is 2. The molecule has 316 valence electrons. The first kappa shape index (κ1) is 42.3. The van der Waals surface area contributed by atoms with Crippen molar-refractivity contribution in [2.45, 2.75) is 102 Å². The monoisotopic (exact) mass is 920 g/mol. The van der Waals surface area contributed by atoms with Gasteiger partial charge in [0.15, 0.2) is 37.2 Å². The number of fused-ring (bicyclic) bond motifs is 7. The van der Waals surface area contributed by atoms with Crippen molar-refractivity contribution >= 4 is 98.0 Å². The lowest BCUT2D eigenvalue weighted by molar-refractivity contribution is -0.118. The molecule has 7 heterocycles. The van der Waals surface area contributed by atoms with E-state index in [2.05, 4.69) is 59.7 Å². The van der Waals surface area contributed by atoms with Gasteiger partial charge in [-0.2, -0.15) is 15.0 Å². The van der Waals surface area contributed by atoms with E-state index in [1.807, 2.05) is 33.9 Å². The van der Waals surface area contributed by atoms with Crippen LogP contribution in [0, 0.1) is 11.8 Å². The minimum atomic E-state index is -4.34. The normalized spacial score (nSPS) is 34.4. The third-order valence-corrected chi connectivity index (χ3v) is 19.0. The standard InChI is InChI=1S/C31H43ClN10O11P2S2Si/c1-12(2)26(43)39-30-38-25-17(27(44)40-30)35-11-42(25)28-22-20(53-58(6,7)31(3,4)5)14(50-28)9-48-54(45,56)51-19-13(8-47-55(46,57)52-22)49-21-15(19)18(21)41-10-34-16-23(33)36-29(32)37-24(16)41/h10-15,18-22,28H,8-9H2,1-7H3,(H,45,56)(H,46,57)(H2,33,36,37)(H2,38,39,40,43,44)/t13-,14-,15?,18+,19?,20?,21?,22?,28-,54+,55-/m1/s1. The molecule has 3 aliphatic heterocycles.